The molecule has 2 atom stereocenters. The first-order valence-electron chi connectivity index (χ1n) is 5.68. The molecule has 0 bridgehead atoms. The van der Waals surface area contributed by atoms with Gasteiger partial charge < -0.3 is 4.74 Å². The van der Waals surface area contributed by atoms with E-state index in [2.05, 4.69) is 15.9 Å². The molecule has 0 aliphatic carbocycles. The van der Waals surface area contributed by atoms with Crippen molar-refractivity contribution in [3.63, 3.8) is 0 Å². The molecule has 0 saturated carbocycles. The van der Waals surface area contributed by atoms with Gasteiger partial charge in [0.2, 0.25) is 0 Å². The molecule has 0 aromatic heterocycles. The summed E-state index contributed by atoms with van der Waals surface area (Å²) < 4.78 is 19.1. The van der Waals surface area contributed by atoms with Crippen molar-refractivity contribution in [2.24, 2.45) is 0 Å². The quantitative estimate of drug-likeness (QED) is 0.856. The van der Waals surface area contributed by atoms with Gasteiger partial charge in [-0.15, -0.1) is 0 Å². The third-order valence-corrected chi connectivity index (χ3v) is 3.71. The maximum Gasteiger partial charge on any atom is 0.165 e. The van der Waals surface area contributed by atoms with Crippen molar-refractivity contribution in [1.82, 2.24) is 0 Å². The second-order valence-electron chi connectivity index (χ2n) is 4.39. The summed E-state index contributed by atoms with van der Waals surface area (Å²) in [4.78, 5) is 12.0. The fraction of sp³-hybridized carbons (Fsp3) is 0.462. The highest BCUT2D eigenvalue weighted by Gasteiger charge is 2.28. The first-order chi connectivity index (χ1) is 8.06. The van der Waals surface area contributed by atoms with E-state index in [1.807, 2.05) is 6.92 Å². The summed E-state index contributed by atoms with van der Waals surface area (Å²) in [5.74, 6) is -0.236. The lowest BCUT2D eigenvalue weighted by molar-refractivity contribution is -0.128. The Morgan fingerprint density at radius 3 is 2.88 bits per heavy atom. The fourth-order valence-corrected chi connectivity index (χ4v) is 2.50. The van der Waals surface area contributed by atoms with Crippen LogP contribution in [-0.2, 0) is 16.0 Å². The van der Waals surface area contributed by atoms with E-state index in [4.69, 9.17) is 4.74 Å². The van der Waals surface area contributed by atoms with Crippen LogP contribution in [0.3, 0.4) is 0 Å². The summed E-state index contributed by atoms with van der Waals surface area (Å²) in [6.45, 7) is 1.97. The zero-order chi connectivity index (χ0) is 12.4. The molecule has 1 aromatic rings. The lowest BCUT2D eigenvalue weighted by Crippen LogP contribution is -2.22. The number of rotatable bonds is 3. The Bertz CT molecular complexity index is 433. The molecule has 1 aromatic carbocycles. The van der Waals surface area contributed by atoms with Gasteiger partial charge in [-0.2, -0.15) is 0 Å². The molecule has 1 fully saturated rings. The molecule has 4 heteroatoms. The van der Waals surface area contributed by atoms with E-state index in [9.17, 15) is 9.18 Å². The summed E-state index contributed by atoms with van der Waals surface area (Å²) in [5.41, 5.74) is 0.805. The van der Waals surface area contributed by atoms with Gasteiger partial charge in [-0.25, -0.2) is 4.39 Å². The fourth-order valence-electron chi connectivity index (χ4n) is 2.01. The highest BCUT2D eigenvalue weighted by molar-refractivity contribution is 9.10. The van der Waals surface area contributed by atoms with Gasteiger partial charge in [-0.05, 0) is 37.5 Å². The van der Waals surface area contributed by atoms with E-state index in [1.165, 1.54) is 12.1 Å². The molecule has 0 spiro atoms. The van der Waals surface area contributed by atoms with Gasteiger partial charge in [0.25, 0.3) is 0 Å². The predicted molar refractivity (Wildman–Crippen MR) is 66.4 cm³/mol. The number of benzene rings is 1. The van der Waals surface area contributed by atoms with Crippen LogP contribution in [0.5, 0.6) is 0 Å². The SMILES string of the molecule is CC1CCC(C(=O)Cc2ccc(F)cc2Br)O1. The number of Topliss-reactive ketones (excluding diaryl/α,β-unsaturated/α-hetero) is 1. The molecule has 1 aliphatic rings. The molecule has 1 heterocycles. The number of ether oxygens (including phenoxy) is 1. The van der Waals surface area contributed by atoms with Gasteiger partial charge in [0.15, 0.2) is 5.78 Å². The molecule has 1 aliphatic heterocycles. The Kier molecular flexibility index (Phi) is 3.94. The van der Waals surface area contributed by atoms with Gasteiger partial charge in [0.05, 0.1) is 6.10 Å². The minimum absolute atomic E-state index is 0.0710. The molecule has 92 valence electrons. The monoisotopic (exact) mass is 300 g/mol. The van der Waals surface area contributed by atoms with Gasteiger partial charge in [0, 0.05) is 10.9 Å². The van der Waals surface area contributed by atoms with Crippen LogP contribution in [0, 0.1) is 5.82 Å². The average Bonchev–Trinajstić information content (AvgIpc) is 2.69. The molecule has 17 heavy (non-hydrogen) atoms. The van der Waals surface area contributed by atoms with Crippen molar-refractivity contribution in [2.75, 3.05) is 0 Å². The van der Waals surface area contributed by atoms with E-state index in [1.54, 1.807) is 6.07 Å². The van der Waals surface area contributed by atoms with Gasteiger partial charge in [0.1, 0.15) is 11.9 Å². The highest BCUT2D eigenvalue weighted by atomic mass is 79.9. The van der Waals surface area contributed by atoms with Crippen LogP contribution in [-0.4, -0.2) is 18.0 Å². The molecule has 2 unspecified atom stereocenters. The molecule has 1 saturated heterocycles. The van der Waals surface area contributed by atoms with Crippen molar-refractivity contribution in [3.8, 4) is 0 Å². The van der Waals surface area contributed by atoms with Crippen LogP contribution < -0.4 is 0 Å². The van der Waals surface area contributed by atoms with Crippen LogP contribution in [0.15, 0.2) is 22.7 Å². The first kappa shape index (κ1) is 12.7. The minimum Gasteiger partial charge on any atom is -0.367 e. The van der Waals surface area contributed by atoms with Crippen LogP contribution in [0.1, 0.15) is 25.3 Å². The summed E-state index contributed by atoms with van der Waals surface area (Å²) >= 11 is 3.26. The maximum absolute atomic E-state index is 12.9. The highest BCUT2D eigenvalue weighted by Crippen LogP contribution is 2.23. The number of ketones is 1. The van der Waals surface area contributed by atoms with Crippen molar-refractivity contribution < 1.29 is 13.9 Å². The van der Waals surface area contributed by atoms with Crippen molar-refractivity contribution in [1.29, 1.82) is 0 Å². The Hall–Kier alpha value is -0.740. The Morgan fingerprint density at radius 1 is 1.53 bits per heavy atom. The zero-order valence-corrected chi connectivity index (χ0v) is 11.2. The molecular formula is C13H14BrFO2. The topological polar surface area (TPSA) is 26.3 Å². The molecule has 2 nitrogen and oxygen atoms in total. The van der Waals surface area contributed by atoms with Gasteiger partial charge in [-0.1, -0.05) is 22.0 Å². The average molecular weight is 301 g/mol. The predicted octanol–water partition coefficient (Wildman–Crippen LogP) is 3.27. The number of carbonyl (C=O) groups is 1. The van der Waals surface area contributed by atoms with Gasteiger partial charge in [-0.3, -0.25) is 4.79 Å². The second-order valence-corrected chi connectivity index (χ2v) is 5.25. The van der Waals surface area contributed by atoms with E-state index in [0.29, 0.717) is 4.47 Å². The van der Waals surface area contributed by atoms with Crippen molar-refractivity contribution in [3.05, 3.63) is 34.1 Å². The lowest BCUT2D eigenvalue weighted by atomic mass is 10.0. The van der Waals surface area contributed by atoms with Crippen LogP contribution >= 0.6 is 15.9 Å². The molecule has 0 N–H and O–H groups in total. The number of carbonyl (C=O) groups excluding carboxylic acids is 1. The summed E-state index contributed by atoms with van der Waals surface area (Å²) in [7, 11) is 0. The Labute approximate surface area is 108 Å². The maximum atomic E-state index is 12.9. The second kappa shape index (κ2) is 5.27. The smallest absolute Gasteiger partial charge is 0.165 e. The summed E-state index contributed by atoms with van der Waals surface area (Å²) in [6.07, 6.45) is 1.89. The molecular weight excluding hydrogens is 287 g/mol. The van der Waals surface area contributed by atoms with Crippen LogP contribution in [0.25, 0.3) is 0 Å². The van der Waals surface area contributed by atoms with Gasteiger partial charge >= 0.3 is 0 Å². The van der Waals surface area contributed by atoms with E-state index < -0.39 is 0 Å². The van der Waals surface area contributed by atoms with Crippen molar-refractivity contribution >= 4 is 21.7 Å². The number of halogens is 2. The molecule has 0 radical (unpaired) electrons. The largest absolute Gasteiger partial charge is 0.367 e. The minimum atomic E-state index is -0.307. The standard InChI is InChI=1S/C13H14BrFO2/c1-8-2-5-13(17-8)12(16)6-9-3-4-10(15)7-11(9)14/h3-4,7-8,13H,2,5-6H2,1H3. The van der Waals surface area contributed by atoms with Crippen molar-refractivity contribution in [2.45, 2.75) is 38.4 Å². The molecule has 0 amide bonds. The van der Waals surface area contributed by atoms with E-state index in [-0.39, 0.29) is 30.2 Å². The summed E-state index contributed by atoms with van der Waals surface area (Å²) in [5, 5.41) is 0. The van der Waals surface area contributed by atoms with E-state index in [0.717, 1.165) is 18.4 Å². The van der Waals surface area contributed by atoms with E-state index >= 15 is 0 Å². The summed E-state index contributed by atoms with van der Waals surface area (Å²) in [6, 6.07) is 4.38. The number of hydrogen-bond acceptors (Lipinski definition) is 2. The third kappa shape index (κ3) is 3.13. The lowest BCUT2D eigenvalue weighted by Gasteiger charge is -2.10. The van der Waals surface area contributed by atoms with Crippen LogP contribution in [0.4, 0.5) is 4.39 Å². The van der Waals surface area contributed by atoms with Crippen LogP contribution in [0.2, 0.25) is 0 Å². The number of hydrogen-bond donors (Lipinski definition) is 0. The molecule has 2 rings (SSSR count). The zero-order valence-electron chi connectivity index (χ0n) is 9.58. The Morgan fingerprint density at radius 2 is 2.29 bits per heavy atom. The normalized spacial score (nSPS) is 23.9. The first-order valence-corrected chi connectivity index (χ1v) is 6.47. The third-order valence-electron chi connectivity index (χ3n) is 2.97. The Balaban J connectivity index is 2.03.